The maximum atomic E-state index is 12.6. The summed E-state index contributed by atoms with van der Waals surface area (Å²) in [6, 6.07) is 1.75. The van der Waals surface area contributed by atoms with Crippen LogP contribution in [-0.4, -0.2) is 29.2 Å². The zero-order valence-electron chi connectivity index (χ0n) is 18.5. The zero-order valence-corrected chi connectivity index (χ0v) is 18.5. The minimum absolute atomic E-state index is 0.0629. The molecule has 1 unspecified atom stereocenters. The highest BCUT2D eigenvalue weighted by Gasteiger charge is 2.31. The molecule has 0 aromatic heterocycles. The van der Waals surface area contributed by atoms with Gasteiger partial charge in [0.25, 0.3) is 0 Å². The largest absolute Gasteiger partial charge is 0.507 e. The molecule has 2 aromatic rings. The van der Waals surface area contributed by atoms with Crippen LogP contribution in [0.4, 0.5) is 0 Å². The summed E-state index contributed by atoms with van der Waals surface area (Å²) in [5.41, 5.74) is 3.83. The summed E-state index contributed by atoms with van der Waals surface area (Å²) in [4.78, 5) is 12.6. The van der Waals surface area contributed by atoms with Crippen molar-refractivity contribution in [3.63, 3.8) is 0 Å². The van der Waals surface area contributed by atoms with Crippen molar-refractivity contribution in [1.29, 1.82) is 0 Å². The lowest BCUT2D eigenvalue weighted by molar-refractivity contribution is 0.0867. The van der Waals surface area contributed by atoms with Crippen molar-refractivity contribution in [2.75, 3.05) is 7.11 Å². The van der Waals surface area contributed by atoms with Gasteiger partial charge in [0, 0.05) is 22.9 Å². The molecule has 30 heavy (non-hydrogen) atoms. The van der Waals surface area contributed by atoms with Crippen LogP contribution >= 0.6 is 0 Å². The minimum Gasteiger partial charge on any atom is -0.507 e. The number of phenolic OH excluding ortho intramolecular Hbond substituents is 2. The maximum Gasteiger partial charge on any atom is 0.174 e. The number of allylic oxidation sites excluding steroid dienone is 4. The van der Waals surface area contributed by atoms with Gasteiger partial charge in [-0.05, 0) is 53.5 Å². The van der Waals surface area contributed by atoms with Crippen molar-refractivity contribution in [2.24, 2.45) is 0 Å². The van der Waals surface area contributed by atoms with Gasteiger partial charge in [0.1, 0.15) is 34.7 Å². The highest BCUT2D eigenvalue weighted by molar-refractivity contribution is 6.11. The molecule has 0 radical (unpaired) electrons. The summed E-state index contributed by atoms with van der Waals surface area (Å²) in [7, 11) is 1.58. The van der Waals surface area contributed by atoms with Crippen molar-refractivity contribution < 1.29 is 24.5 Å². The Labute approximate surface area is 177 Å². The normalized spacial score (nSPS) is 15.4. The van der Waals surface area contributed by atoms with Crippen LogP contribution in [-0.2, 0) is 12.8 Å². The molecule has 0 aliphatic carbocycles. The van der Waals surface area contributed by atoms with Gasteiger partial charge in [-0.25, -0.2) is 0 Å². The molecule has 0 saturated heterocycles. The Kier molecular flexibility index (Phi) is 6.11. The molecule has 1 aliphatic rings. The topological polar surface area (TPSA) is 76.0 Å². The van der Waals surface area contributed by atoms with Crippen LogP contribution in [0.1, 0.15) is 62.5 Å². The van der Waals surface area contributed by atoms with Gasteiger partial charge in [-0.1, -0.05) is 23.3 Å². The lowest BCUT2D eigenvalue weighted by atomic mass is 9.89. The van der Waals surface area contributed by atoms with Gasteiger partial charge in [-0.3, -0.25) is 4.79 Å². The number of fused-ring (bicyclic) bond motifs is 2. The number of ether oxygens (including phenoxy) is 2. The molecule has 5 nitrogen and oxygen atoms in total. The van der Waals surface area contributed by atoms with Crippen molar-refractivity contribution in [2.45, 2.75) is 60.0 Å². The third-order valence-corrected chi connectivity index (χ3v) is 5.37. The number of methoxy groups -OCH3 is 1. The third-order valence-electron chi connectivity index (χ3n) is 5.37. The number of Topliss-reactive ketones (excluding diaryl/α,β-unsaturated/α-hetero) is 1. The van der Waals surface area contributed by atoms with Gasteiger partial charge < -0.3 is 19.7 Å². The molecular formula is C25H30O5. The average Bonchev–Trinajstić information content (AvgIpc) is 2.64. The zero-order chi connectivity index (χ0) is 22.2. The fourth-order valence-corrected chi connectivity index (χ4v) is 3.92. The van der Waals surface area contributed by atoms with Crippen LogP contribution in [0.15, 0.2) is 29.4 Å². The molecule has 0 amide bonds. The van der Waals surface area contributed by atoms with Gasteiger partial charge in [0.05, 0.1) is 12.5 Å². The molecule has 160 valence electrons. The fraction of sp³-hybridized carbons (Fsp3) is 0.400. The quantitative estimate of drug-likeness (QED) is 0.625. The number of aromatic hydroxyl groups is 2. The molecule has 3 rings (SSSR count). The van der Waals surface area contributed by atoms with Crippen LogP contribution in [0.5, 0.6) is 23.0 Å². The van der Waals surface area contributed by atoms with Crippen molar-refractivity contribution in [1.82, 2.24) is 0 Å². The van der Waals surface area contributed by atoms with Crippen molar-refractivity contribution >= 4 is 16.6 Å². The van der Waals surface area contributed by atoms with Crippen LogP contribution in [0, 0.1) is 0 Å². The Balaban J connectivity index is 2.44. The smallest absolute Gasteiger partial charge is 0.174 e. The van der Waals surface area contributed by atoms with Crippen molar-refractivity contribution in [3.8, 4) is 23.0 Å². The molecule has 0 saturated carbocycles. The van der Waals surface area contributed by atoms with E-state index < -0.39 is 0 Å². The molecule has 1 atom stereocenters. The number of hydrogen-bond donors (Lipinski definition) is 2. The van der Waals surface area contributed by atoms with Gasteiger partial charge >= 0.3 is 0 Å². The summed E-state index contributed by atoms with van der Waals surface area (Å²) in [5, 5.41) is 23.1. The Morgan fingerprint density at radius 2 is 1.70 bits per heavy atom. The monoisotopic (exact) mass is 410 g/mol. The molecule has 1 heterocycles. The summed E-state index contributed by atoms with van der Waals surface area (Å²) >= 11 is 0. The van der Waals surface area contributed by atoms with Gasteiger partial charge in [0.2, 0.25) is 0 Å². The predicted octanol–water partition coefficient (Wildman–Crippen LogP) is 5.63. The van der Waals surface area contributed by atoms with E-state index in [1.807, 2.05) is 40.7 Å². The first-order chi connectivity index (χ1) is 14.1. The summed E-state index contributed by atoms with van der Waals surface area (Å²) in [6.07, 6.45) is 5.01. The number of ketones is 1. The first-order valence-electron chi connectivity index (χ1n) is 10.2. The Bertz CT molecular complexity index is 1070. The molecule has 2 aromatic carbocycles. The van der Waals surface area contributed by atoms with Crippen LogP contribution in [0.3, 0.4) is 0 Å². The van der Waals surface area contributed by atoms with E-state index >= 15 is 0 Å². The van der Waals surface area contributed by atoms with Crippen LogP contribution < -0.4 is 9.47 Å². The molecule has 0 bridgehead atoms. The van der Waals surface area contributed by atoms with Crippen molar-refractivity contribution in [3.05, 3.63) is 46.1 Å². The molecule has 0 spiro atoms. The van der Waals surface area contributed by atoms with E-state index in [0.717, 1.165) is 16.7 Å². The second kappa shape index (κ2) is 8.42. The third kappa shape index (κ3) is 3.89. The Morgan fingerprint density at radius 1 is 1.10 bits per heavy atom. The highest BCUT2D eigenvalue weighted by atomic mass is 16.5. The first-order valence-corrected chi connectivity index (χ1v) is 10.2. The summed E-state index contributed by atoms with van der Waals surface area (Å²) in [5.74, 6) is 0.462. The van der Waals surface area contributed by atoms with Gasteiger partial charge in [-0.2, -0.15) is 0 Å². The van der Waals surface area contributed by atoms with E-state index in [4.69, 9.17) is 9.47 Å². The fourth-order valence-electron chi connectivity index (χ4n) is 3.92. The van der Waals surface area contributed by atoms with Gasteiger partial charge in [-0.15, -0.1) is 0 Å². The molecule has 0 fully saturated rings. The minimum atomic E-state index is -0.268. The van der Waals surface area contributed by atoms with E-state index in [-0.39, 0.29) is 40.8 Å². The number of rotatable bonds is 5. The van der Waals surface area contributed by atoms with E-state index in [9.17, 15) is 15.0 Å². The lowest BCUT2D eigenvalue weighted by Crippen LogP contribution is -2.24. The Morgan fingerprint density at radius 3 is 2.27 bits per heavy atom. The summed E-state index contributed by atoms with van der Waals surface area (Å²) < 4.78 is 11.6. The van der Waals surface area contributed by atoms with Crippen LogP contribution in [0.25, 0.3) is 10.8 Å². The molecule has 5 heteroatoms. The number of carbonyl (C=O) groups is 1. The van der Waals surface area contributed by atoms with Crippen LogP contribution in [0.2, 0.25) is 0 Å². The summed E-state index contributed by atoms with van der Waals surface area (Å²) in [6.45, 7) is 9.83. The molecule has 2 N–H and O–H groups in total. The standard InChI is InChI=1S/C25H30O5/c1-13(2)7-9-16-18-12-20-22(19(26)11-15(5)30-20)24(28)21(18)23(27)17(25(16)29-6)10-8-14(3)4/h7-8,12,15,27-28H,9-11H2,1-6H3. The predicted molar refractivity (Wildman–Crippen MR) is 119 cm³/mol. The molecule has 1 aliphatic heterocycles. The lowest BCUT2D eigenvalue weighted by Gasteiger charge is -2.26. The average molecular weight is 411 g/mol. The second-order valence-electron chi connectivity index (χ2n) is 8.39. The number of carbonyl (C=O) groups excluding carboxylic acids is 1. The van der Waals surface area contributed by atoms with E-state index in [0.29, 0.717) is 35.3 Å². The number of phenols is 2. The van der Waals surface area contributed by atoms with Gasteiger partial charge in [0.15, 0.2) is 5.78 Å². The molecular weight excluding hydrogens is 380 g/mol. The maximum absolute atomic E-state index is 12.6. The Hall–Kier alpha value is -2.95. The van der Waals surface area contributed by atoms with E-state index in [2.05, 4.69) is 6.08 Å². The number of hydrogen-bond acceptors (Lipinski definition) is 5. The highest BCUT2D eigenvalue weighted by Crippen LogP contribution is 2.49. The first kappa shape index (κ1) is 21.8. The number of benzene rings is 2. The van der Waals surface area contributed by atoms with E-state index in [1.165, 1.54) is 0 Å². The SMILES string of the molecule is COc1c(CC=C(C)C)c(O)c2c(O)c3c(cc2c1CC=C(C)C)OC(C)CC3=O. The second-order valence-corrected chi connectivity index (χ2v) is 8.39. The van der Waals surface area contributed by atoms with E-state index in [1.54, 1.807) is 13.2 Å².